The Bertz CT molecular complexity index is 1230. The van der Waals surface area contributed by atoms with Gasteiger partial charge in [0.05, 0.1) is 31.1 Å². The topological polar surface area (TPSA) is 173 Å². The normalized spacial score (nSPS) is 25.8. The van der Waals surface area contributed by atoms with Gasteiger partial charge < -0.3 is 44.9 Å². The van der Waals surface area contributed by atoms with E-state index in [9.17, 15) is 19.5 Å². The molecule has 1 heterocycles. The molecule has 43 heavy (non-hydrogen) atoms. The van der Waals surface area contributed by atoms with E-state index in [4.69, 9.17) is 29.2 Å². The van der Waals surface area contributed by atoms with Gasteiger partial charge in [0.2, 0.25) is 11.8 Å². The van der Waals surface area contributed by atoms with E-state index in [-0.39, 0.29) is 55.8 Å². The van der Waals surface area contributed by atoms with Crippen LogP contribution in [0.2, 0.25) is 0 Å². The lowest BCUT2D eigenvalue weighted by molar-refractivity contribution is -0.209. The Morgan fingerprint density at radius 1 is 1.09 bits per heavy atom. The van der Waals surface area contributed by atoms with Gasteiger partial charge in [-0.3, -0.25) is 9.59 Å². The number of esters is 1. The highest BCUT2D eigenvalue weighted by molar-refractivity contribution is 5.98. The summed E-state index contributed by atoms with van der Waals surface area (Å²) in [5.41, 5.74) is 1.08. The summed E-state index contributed by atoms with van der Waals surface area (Å²) >= 11 is 0. The molecule has 5 atom stereocenters. The Morgan fingerprint density at radius 3 is 2.47 bits per heavy atom. The summed E-state index contributed by atoms with van der Waals surface area (Å²) in [6.07, 6.45) is 5.27. The maximum atomic E-state index is 13.5. The van der Waals surface area contributed by atoms with Crippen LogP contribution in [-0.4, -0.2) is 95.7 Å². The van der Waals surface area contributed by atoms with Crippen molar-refractivity contribution in [2.45, 2.75) is 75.3 Å². The number of carbonyl (C=O) groups is 3. The van der Waals surface area contributed by atoms with Gasteiger partial charge in [0.15, 0.2) is 5.79 Å². The molecule has 3 aliphatic carbocycles. The minimum absolute atomic E-state index is 0.00984. The summed E-state index contributed by atoms with van der Waals surface area (Å²) in [4.78, 5) is 39.5. The van der Waals surface area contributed by atoms with Crippen LogP contribution in [0.4, 0.5) is 0 Å². The van der Waals surface area contributed by atoms with E-state index in [1.807, 2.05) is 0 Å². The molecule has 0 spiro atoms. The van der Waals surface area contributed by atoms with E-state index < -0.39 is 54.0 Å². The molecular formula is C31H40N2O10. The summed E-state index contributed by atoms with van der Waals surface area (Å²) in [5, 5.41) is 33.2. The van der Waals surface area contributed by atoms with E-state index in [0.29, 0.717) is 5.56 Å². The van der Waals surface area contributed by atoms with Crippen molar-refractivity contribution >= 4 is 23.9 Å². The molecule has 4 aliphatic rings. The number of hydrogen-bond donors (Lipinski definition) is 5. The lowest BCUT2D eigenvalue weighted by Crippen LogP contribution is -2.54. The predicted octanol–water partition coefficient (Wildman–Crippen LogP) is 0.796. The lowest BCUT2D eigenvalue weighted by atomic mass is 9.91. The fourth-order valence-electron chi connectivity index (χ4n) is 5.77. The first-order valence-corrected chi connectivity index (χ1v) is 14.9. The molecule has 2 amide bonds. The third kappa shape index (κ3) is 7.10. The van der Waals surface area contributed by atoms with Crippen LogP contribution < -0.4 is 10.6 Å². The van der Waals surface area contributed by atoms with Gasteiger partial charge in [-0.25, -0.2) is 4.79 Å². The van der Waals surface area contributed by atoms with Gasteiger partial charge in [-0.2, -0.15) is 0 Å². The second-order valence-electron chi connectivity index (χ2n) is 11.5. The highest BCUT2D eigenvalue weighted by Crippen LogP contribution is 2.59. The minimum atomic E-state index is -1.26. The van der Waals surface area contributed by atoms with Crippen molar-refractivity contribution in [3.8, 4) is 0 Å². The smallest absolute Gasteiger partial charge is 0.339 e. The van der Waals surface area contributed by atoms with Crippen LogP contribution in [0, 0.1) is 11.8 Å². The maximum absolute atomic E-state index is 13.5. The fraction of sp³-hybridized carbons (Fsp3) is 0.581. The highest BCUT2D eigenvalue weighted by Gasteiger charge is 2.64. The summed E-state index contributed by atoms with van der Waals surface area (Å²) in [5.74, 6) is -2.15. The average Bonchev–Trinajstić information content (AvgIpc) is 3.94. The average molecular weight is 601 g/mol. The Morgan fingerprint density at radius 2 is 1.81 bits per heavy atom. The largest absolute Gasteiger partial charge is 0.499 e. The van der Waals surface area contributed by atoms with Crippen molar-refractivity contribution in [1.29, 1.82) is 0 Å². The Kier molecular flexibility index (Phi) is 9.82. The number of amides is 2. The number of ether oxygens (including phenoxy) is 4. The number of rotatable bonds is 14. The number of fused-ring (bicyclic) bond motifs is 1. The van der Waals surface area contributed by atoms with Gasteiger partial charge in [0, 0.05) is 30.4 Å². The molecule has 1 aromatic carbocycles. The SMILES string of the molecule is C[C@H](O)[C@@H](NC(=O)C1=C[C@H]2OC(C3CC3)(C3CC3)O[C@H]2[C@H](OC(=O)c2ccccc2C=COCCO)C1)C(=O)NCCO. The van der Waals surface area contributed by atoms with Crippen molar-refractivity contribution in [1.82, 2.24) is 10.6 Å². The molecule has 12 heteroatoms. The molecule has 5 rings (SSSR count). The molecule has 3 fully saturated rings. The van der Waals surface area contributed by atoms with Gasteiger partial charge in [-0.15, -0.1) is 0 Å². The van der Waals surface area contributed by atoms with Crippen molar-refractivity contribution in [3.05, 3.63) is 53.3 Å². The minimum Gasteiger partial charge on any atom is -0.499 e. The molecule has 1 aliphatic heterocycles. The van der Waals surface area contributed by atoms with E-state index in [1.165, 1.54) is 13.2 Å². The number of benzene rings is 1. The summed E-state index contributed by atoms with van der Waals surface area (Å²) in [6, 6.07) is 5.58. The third-order valence-corrected chi connectivity index (χ3v) is 8.16. The van der Waals surface area contributed by atoms with Gasteiger partial charge in [-0.05, 0) is 56.4 Å². The van der Waals surface area contributed by atoms with Crippen molar-refractivity contribution in [2.24, 2.45) is 11.8 Å². The highest BCUT2D eigenvalue weighted by atomic mass is 16.8. The molecule has 1 aromatic rings. The van der Waals surface area contributed by atoms with E-state index in [2.05, 4.69) is 10.6 Å². The number of nitrogens with one attached hydrogen (secondary N) is 2. The van der Waals surface area contributed by atoms with Crippen molar-refractivity contribution in [3.63, 3.8) is 0 Å². The first-order valence-electron chi connectivity index (χ1n) is 14.9. The molecule has 234 valence electrons. The first-order chi connectivity index (χ1) is 20.8. The molecule has 0 radical (unpaired) electrons. The summed E-state index contributed by atoms with van der Waals surface area (Å²) in [6.45, 7) is 1.04. The molecule has 0 bridgehead atoms. The van der Waals surface area contributed by atoms with Gasteiger partial charge in [0.1, 0.15) is 31.0 Å². The van der Waals surface area contributed by atoms with Gasteiger partial charge >= 0.3 is 5.97 Å². The molecule has 12 nitrogen and oxygen atoms in total. The molecule has 0 unspecified atom stereocenters. The first kappa shape index (κ1) is 31.1. The fourth-order valence-corrected chi connectivity index (χ4v) is 5.77. The molecular weight excluding hydrogens is 560 g/mol. The van der Waals surface area contributed by atoms with Gasteiger partial charge in [0.25, 0.3) is 0 Å². The number of aliphatic hydroxyl groups excluding tert-OH is 3. The van der Waals surface area contributed by atoms with E-state index in [1.54, 1.807) is 36.4 Å². The number of hydrogen-bond acceptors (Lipinski definition) is 10. The van der Waals surface area contributed by atoms with Crippen molar-refractivity contribution < 1.29 is 48.7 Å². The third-order valence-electron chi connectivity index (χ3n) is 8.16. The zero-order valence-corrected chi connectivity index (χ0v) is 24.1. The zero-order chi connectivity index (χ0) is 30.6. The molecule has 0 aromatic heterocycles. The quantitative estimate of drug-likeness (QED) is 0.117. The number of aliphatic hydroxyl groups is 3. The maximum Gasteiger partial charge on any atom is 0.339 e. The second-order valence-corrected chi connectivity index (χ2v) is 11.5. The summed E-state index contributed by atoms with van der Waals surface area (Å²) in [7, 11) is 0. The molecule has 2 saturated carbocycles. The Labute approximate surface area is 250 Å². The van der Waals surface area contributed by atoms with E-state index >= 15 is 0 Å². The van der Waals surface area contributed by atoms with Crippen LogP contribution in [-0.2, 0) is 28.5 Å². The van der Waals surface area contributed by atoms with Crippen LogP contribution in [0.1, 0.15) is 54.9 Å². The monoisotopic (exact) mass is 600 g/mol. The van der Waals surface area contributed by atoms with Crippen LogP contribution >= 0.6 is 0 Å². The predicted molar refractivity (Wildman–Crippen MR) is 152 cm³/mol. The molecule has 5 N–H and O–H groups in total. The van der Waals surface area contributed by atoms with Crippen molar-refractivity contribution in [2.75, 3.05) is 26.4 Å². The Hall–Kier alpha value is -3.29. The molecule has 1 saturated heterocycles. The Balaban J connectivity index is 1.38. The number of carbonyl (C=O) groups excluding carboxylic acids is 3. The van der Waals surface area contributed by atoms with Gasteiger partial charge in [-0.1, -0.05) is 18.2 Å². The lowest BCUT2D eigenvalue weighted by Gasteiger charge is -2.31. The van der Waals surface area contributed by atoms with Crippen LogP contribution in [0.25, 0.3) is 6.08 Å². The van der Waals surface area contributed by atoms with Crippen LogP contribution in [0.3, 0.4) is 0 Å². The van der Waals surface area contributed by atoms with E-state index in [0.717, 1.165) is 25.7 Å². The van der Waals surface area contributed by atoms with Crippen LogP contribution in [0.5, 0.6) is 0 Å². The second kappa shape index (κ2) is 13.6. The standard InChI is InChI=1S/C31H40N2O10/c1-18(36)26(29(38)32-11-12-34)33-28(37)20-16-24(27-25(17-20)42-31(43-27,21-6-7-21)22-8-9-22)41-30(39)23-5-3-2-4-19(23)10-14-40-15-13-35/h2-5,10,14,17-18,21-22,24-27,34-36H,6-9,11-13,15-16H2,1H3,(H,32,38)(H,33,37)/t18-,24+,25+,26+,27-/m0/s1. The summed E-state index contributed by atoms with van der Waals surface area (Å²) < 4.78 is 24.5. The zero-order valence-electron chi connectivity index (χ0n) is 24.1. The van der Waals surface area contributed by atoms with Crippen LogP contribution in [0.15, 0.2) is 42.2 Å².